The van der Waals surface area contributed by atoms with Gasteiger partial charge >= 0.3 is 0 Å². The van der Waals surface area contributed by atoms with E-state index >= 15 is 0 Å². The zero-order valence-corrected chi connectivity index (χ0v) is 17.8. The lowest BCUT2D eigenvalue weighted by molar-refractivity contribution is 0.102. The molecule has 0 atom stereocenters. The van der Waals surface area contributed by atoms with Gasteiger partial charge in [0, 0.05) is 27.8 Å². The van der Waals surface area contributed by atoms with Crippen LogP contribution in [0.4, 0.5) is 5.69 Å². The second-order valence-electron chi connectivity index (χ2n) is 6.36. The highest BCUT2D eigenvalue weighted by molar-refractivity contribution is 7.89. The maximum Gasteiger partial charge on any atom is 0.255 e. The standard InChI is InChI=1S/C21H18Cl2N2O3S/c1-14-11-18(9-10-20(14)25-21(26)15-5-3-2-4-6-15)29(27,28)24-13-16-7-8-17(22)12-19(16)23/h2-12,24H,13H2,1H3,(H,25,26). The smallest absolute Gasteiger partial charge is 0.255 e. The summed E-state index contributed by atoms with van der Waals surface area (Å²) in [6, 6.07) is 18.2. The van der Waals surface area contributed by atoms with E-state index in [4.69, 9.17) is 23.2 Å². The average molecular weight is 449 g/mol. The van der Waals surface area contributed by atoms with Crippen molar-refractivity contribution in [3.8, 4) is 0 Å². The van der Waals surface area contributed by atoms with Crippen LogP contribution in [0.1, 0.15) is 21.5 Å². The zero-order chi connectivity index (χ0) is 21.0. The number of anilines is 1. The number of hydrogen-bond donors (Lipinski definition) is 2. The van der Waals surface area contributed by atoms with Gasteiger partial charge in [-0.15, -0.1) is 0 Å². The fourth-order valence-electron chi connectivity index (χ4n) is 2.65. The van der Waals surface area contributed by atoms with Gasteiger partial charge in [0.05, 0.1) is 4.90 Å². The third-order valence-electron chi connectivity index (χ3n) is 4.26. The largest absolute Gasteiger partial charge is 0.322 e. The van der Waals surface area contributed by atoms with Gasteiger partial charge in [0.2, 0.25) is 10.0 Å². The predicted molar refractivity (Wildman–Crippen MR) is 116 cm³/mol. The van der Waals surface area contributed by atoms with Gasteiger partial charge in [-0.3, -0.25) is 4.79 Å². The summed E-state index contributed by atoms with van der Waals surface area (Å²) in [4.78, 5) is 12.4. The Morgan fingerprint density at radius 2 is 1.69 bits per heavy atom. The molecule has 0 unspecified atom stereocenters. The lowest BCUT2D eigenvalue weighted by atomic mass is 10.1. The quantitative estimate of drug-likeness (QED) is 0.554. The van der Waals surface area contributed by atoms with E-state index in [1.165, 1.54) is 12.1 Å². The van der Waals surface area contributed by atoms with E-state index in [0.29, 0.717) is 32.4 Å². The summed E-state index contributed by atoms with van der Waals surface area (Å²) in [5, 5.41) is 3.65. The minimum absolute atomic E-state index is 0.0316. The molecule has 1 amide bonds. The summed E-state index contributed by atoms with van der Waals surface area (Å²) in [5.74, 6) is -0.264. The Morgan fingerprint density at radius 1 is 0.966 bits per heavy atom. The molecule has 0 saturated heterocycles. The maximum atomic E-state index is 12.6. The van der Waals surface area contributed by atoms with Crippen molar-refractivity contribution in [2.45, 2.75) is 18.4 Å². The Labute approximate surface area is 179 Å². The zero-order valence-electron chi connectivity index (χ0n) is 15.4. The molecule has 0 aliphatic rings. The van der Waals surface area contributed by atoms with Crippen molar-refractivity contribution in [1.29, 1.82) is 0 Å². The van der Waals surface area contributed by atoms with Crippen LogP contribution in [0.2, 0.25) is 10.0 Å². The number of aryl methyl sites for hydroxylation is 1. The Hall–Kier alpha value is -2.38. The number of hydrogen-bond acceptors (Lipinski definition) is 3. The number of nitrogens with one attached hydrogen (secondary N) is 2. The second-order valence-corrected chi connectivity index (χ2v) is 8.97. The van der Waals surface area contributed by atoms with Crippen LogP contribution in [0.3, 0.4) is 0 Å². The molecule has 29 heavy (non-hydrogen) atoms. The van der Waals surface area contributed by atoms with Crippen molar-refractivity contribution in [2.24, 2.45) is 0 Å². The van der Waals surface area contributed by atoms with E-state index in [1.807, 2.05) is 6.07 Å². The summed E-state index contributed by atoms with van der Waals surface area (Å²) in [5.41, 5.74) is 2.30. The van der Waals surface area contributed by atoms with Gasteiger partial charge in [0.15, 0.2) is 0 Å². The molecule has 0 aliphatic heterocycles. The number of carbonyl (C=O) groups is 1. The Kier molecular flexibility index (Phi) is 6.59. The minimum Gasteiger partial charge on any atom is -0.322 e. The normalized spacial score (nSPS) is 11.3. The van der Waals surface area contributed by atoms with Crippen LogP contribution < -0.4 is 10.0 Å². The minimum atomic E-state index is -3.76. The van der Waals surface area contributed by atoms with Gasteiger partial charge in [0.1, 0.15) is 0 Å². The number of sulfonamides is 1. The lowest BCUT2D eigenvalue weighted by Gasteiger charge is -2.12. The van der Waals surface area contributed by atoms with Gasteiger partial charge in [-0.05, 0) is 60.5 Å². The van der Waals surface area contributed by atoms with Crippen molar-refractivity contribution in [2.75, 3.05) is 5.32 Å². The van der Waals surface area contributed by atoms with Crippen molar-refractivity contribution in [3.63, 3.8) is 0 Å². The van der Waals surface area contributed by atoms with E-state index in [1.54, 1.807) is 55.5 Å². The SMILES string of the molecule is Cc1cc(S(=O)(=O)NCc2ccc(Cl)cc2Cl)ccc1NC(=O)c1ccccc1. The van der Waals surface area contributed by atoms with Crippen molar-refractivity contribution >= 4 is 44.8 Å². The highest BCUT2D eigenvalue weighted by Crippen LogP contribution is 2.23. The molecule has 150 valence electrons. The number of benzene rings is 3. The van der Waals surface area contributed by atoms with E-state index in [0.717, 1.165) is 0 Å². The van der Waals surface area contributed by atoms with Crippen LogP contribution in [-0.2, 0) is 16.6 Å². The fraction of sp³-hybridized carbons (Fsp3) is 0.0952. The van der Waals surface area contributed by atoms with E-state index in [-0.39, 0.29) is 17.3 Å². The molecule has 5 nitrogen and oxygen atoms in total. The van der Waals surface area contributed by atoms with Crippen LogP contribution in [0, 0.1) is 6.92 Å². The van der Waals surface area contributed by atoms with Gasteiger partial charge in [0.25, 0.3) is 5.91 Å². The summed E-state index contributed by atoms with van der Waals surface area (Å²) >= 11 is 11.9. The third-order valence-corrected chi connectivity index (χ3v) is 6.25. The molecule has 3 rings (SSSR count). The van der Waals surface area contributed by atoms with E-state index < -0.39 is 10.0 Å². The predicted octanol–water partition coefficient (Wildman–Crippen LogP) is 5.03. The molecule has 2 N–H and O–H groups in total. The van der Waals surface area contributed by atoms with Gasteiger partial charge in [-0.25, -0.2) is 13.1 Å². The Bertz CT molecular complexity index is 1150. The molecule has 0 fully saturated rings. The van der Waals surface area contributed by atoms with Crippen LogP contribution in [0.25, 0.3) is 0 Å². The first-order valence-corrected chi connectivity index (χ1v) is 10.9. The van der Waals surface area contributed by atoms with Gasteiger partial charge < -0.3 is 5.32 Å². The molecule has 0 spiro atoms. The summed E-state index contributed by atoms with van der Waals surface area (Å²) < 4.78 is 27.8. The van der Waals surface area contributed by atoms with Gasteiger partial charge in [-0.1, -0.05) is 47.5 Å². The first kappa shape index (κ1) is 21.3. The average Bonchev–Trinajstić information content (AvgIpc) is 2.69. The van der Waals surface area contributed by atoms with E-state index in [2.05, 4.69) is 10.0 Å². The van der Waals surface area contributed by atoms with Crippen LogP contribution in [-0.4, -0.2) is 14.3 Å². The molecule has 0 saturated carbocycles. The molecular formula is C21H18Cl2N2O3S. The highest BCUT2D eigenvalue weighted by atomic mass is 35.5. The molecule has 8 heteroatoms. The van der Waals surface area contributed by atoms with Crippen LogP contribution in [0.15, 0.2) is 71.6 Å². The first-order valence-electron chi connectivity index (χ1n) is 8.67. The number of halogens is 2. The van der Waals surface area contributed by atoms with Crippen molar-refractivity contribution in [1.82, 2.24) is 4.72 Å². The first-order chi connectivity index (χ1) is 13.8. The Morgan fingerprint density at radius 3 is 2.34 bits per heavy atom. The summed E-state index contributed by atoms with van der Waals surface area (Å²) in [7, 11) is -3.76. The monoisotopic (exact) mass is 448 g/mol. The maximum absolute atomic E-state index is 12.6. The second kappa shape index (κ2) is 8.97. The fourth-order valence-corrected chi connectivity index (χ4v) is 4.22. The molecule has 0 radical (unpaired) electrons. The van der Waals surface area contributed by atoms with Crippen molar-refractivity contribution in [3.05, 3.63) is 93.5 Å². The molecule has 0 aliphatic carbocycles. The highest BCUT2D eigenvalue weighted by Gasteiger charge is 2.16. The lowest BCUT2D eigenvalue weighted by Crippen LogP contribution is -2.23. The molecular weight excluding hydrogens is 431 g/mol. The molecule has 3 aromatic rings. The molecule has 3 aromatic carbocycles. The Balaban J connectivity index is 1.73. The van der Waals surface area contributed by atoms with Crippen LogP contribution in [0.5, 0.6) is 0 Å². The number of rotatable bonds is 6. The van der Waals surface area contributed by atoms with E-state index in [9.17, 15) is 13.2 Å². The number of carbonyl (C=O) groups excluding carboxylic acids is 1. The number of amides is 1. The van der Waals surface area contributed by atoms with Gasteiger partial charge in [-0.2, -0.15) is 0 Å². The summed E-state index contributed by atoms with van der Waals surface area (Å²) in [6.45, 7) is 1.76. The van der Waals surface area contributed by atoms with Crippen molar-refractivity contribution < 1.29 is 13.2 Å². The molecule has 0 aromatic heterocycles. The topological polar surface area (TPSA) is 75.3 Å². The third kappa shape index (κ3) is 5.36. The summed E-state index contributed by atoms with van der Waals surface area (Å²) in [6.07, 6.45) is 0. The van der Waals surface area contributed by atoms with Crippen LogP contribution >= 0.6 is 23.2 Å². The molecule has 0 bridgehead atoms. The molecule has 0 heterocycles.